The molecule has 0 radical (unpaired) electrons. The van der Waals surface area contributed by atoms with E-state index in [1.807, 2.05) is 27.7 Å². The van der Waals surface area contributed by atoms with Crippen molar-refractivity contribution in [1.29, 1.82) is 0 Å². The second kappa shape index (κ2) is 10.0. The van der Waals surface area contributed by atoms with E-state index in [9.17, 15) is 9.81 Å². The third-order valence-corrected chi connectivity index (χ3v) is 4.68. The van der Waals surface area contributed by atoms with Gasteiger partial charge in [0.05, 0.1) is 0 Å². The number of nitrogens with zero attached hydrogens (tertiary/aromatic N) is 3. The minimum atomic E-state index is -0.340. The van der Waals surface area contributed by atoms with Crippen LogP contribution in [0.15, 0.2) is 10.4 Å². The Labute approximate surface area is 139 Å². The molecule has 23 heavy (non-hydrogen) atoms. The number of rotatable bonds is 13. The first-order valence-corrected chi connectivity index (χ1v) is 8.18. The fourth-order valence-electron chi connectivity index (χ4n) is 1.93. The highest BCUT2D eigenvalue weighted by atomic mass is 16.3. The van der Waals surface area contributed by atoms with E-state index in [1.54, 1.807) is 13.8 Å². The maximum atomic E-state index is 10.7. The molecule has 0 fully saturated rings. The molecule has 4 N–H and O–H groups in total. The number of nitrogens with one attached hydrogen (secondary N) is 2. The summed E-state index contributed by atoms with van der Waals surface area (Å²) in [5.41, 5.74) is 5.10. The van der Waals surface area contributed by atoms with Crippen molar-refractivity contribution in [3.63, 3.8) is 0 Å². The van der Waals surface area contributed by atoms with Crippen LogP contribution in [0.4, 0.5) is 0 Å². The summed E-state index contributed by atoms with van der Waals surface area (Å²) in [5.74, 6) is 0. The van der Waals surface area contributed by atoms with E-state index in [4.69, 9.17) is 5.73 Å². The largest absolute Gasteiger partial charge is 0.318 e. The average molecular weight is 330 g/mol. The van der Waals surface area contributed by atoms with Gasteiger partial charge >= 0.3 is 0 Å². The second-order valence-corrected chi connectivity index (χ2v) is 7.16. The van der Waals surface area contributed by atoms with Crippen LogP contribution in [-0.4, -0.2) is 60.9 Å². The van der Waals surface area contributed by atoms with Gasteiger partial charge in [0.1, 0.15) is 12.1 Å². The molecule has 0 aliphatic carbocycles. The van der Waals surface area contributed by atoms with Gasteiger partial charge in [0.15, 0.2) is 0 Å². The molecule has 0 aromatic carbocycles. The Morgan fingerprint density at radius 3 is 1.52 bits per heavy atom. The molecule has 0 bridgehead atoms. The molecule has 0 saturated carbocycles. The van der Waals surface area contributed by atoms with Crippen LogP contribution in [0.25, 0.3) is 0 Å². The van der Waals surface area contributed by atoms with Crippen molar-refractivity contribution >= 4 is 0 Å². The molecular formula is C15H34N6O2. The summed E-state index contributed by atoms with van der Waals surface area (Å²) in [6.45, 7) is 14.9. The second-order valence-electron chi connectivity index (χ2n) is 7.16. The predicted octanol–water partition coefficient (Wildman–Crippen LogP) is 1.25. The first kappa shape index (κ1) is 22.0. The molecule has 0 amide bonds. The number of hydrogen-bond acceptors (Lipinski definition) is 8. The summed E-state index contributed by atoms with van der Waals surface area (Å²) >= 11 is 0. The number of nitrogens with two attached hydrogens (primary N) is 1. The van der Waals surface area contributed by atoms with Crippen molar-refractivity contribution in [2.24, 2.45) is 16.1 Å². The van der Waals surface area contributed by atoms with Crippen LogP contribution in [0, 0.1) is 9.81 Å². The highest BCUT2D eigenvalue weighted by Gasteiger charge is 2.27. The maximum absolute atomic E-state index is 10.7. The standard InChI is InChI=1S/C15H34N6O2/c1-12(19-22)14(3,4)17-7-9-21(11-16)10-8-18-15(5,6)13(2)20-23/h12-13,17-18H,7-11,16H2,1-6H3. The van der Waals surface area contributed by atoms with Crippen molar-refractivity contribution in [3.8, 4) is 0 Å². The predicted molar refractivity (Wildman–Crippen MR) is 95.3 cm³/mol. The fraction of sp³-hybridized carbons (Fsp3) is 1.00. The highest BCUT2D eigenvalue weighted by Crippen LogP contribution is 2.12. The van der Waals surface area contributed by atoms with Gasteiger partial charge < -0.3 is 16.4 Å². The minimum absolute atomic E-state index is 0.298. The third kappa shape index (κ3) is 7.92. The van der Waals surface area contributed by atoms with Gasteiger partial charge in [0.2, 0.25) is 0 Å². The average Bonchev–Trinajstić information content (AvgIpc) is 2.51. The van der Waals surface area contributed by atoms with Crippen LogP contribution in [-0.2, 0) is 0 Å². The maximum Gasteiger partial charge on any atom is 0.107 e. The molecule has 0 rings (SSSR count). The lowest BCUT2D eigenvalue weighted by Gasteiger charge is -2.32. The zero-order valence-corrected chi connectivity index (χ0v) is 15.4. The Morgan fingerprint density at radius 1 is 0.913 bits per heavy atom. The van der Waals surface area contributed by atoms with Gasteiger partial charge in [-0.3, -0.25) is 4.90 Å². The van der Waals surface area contributed by atoms with Crippen LogP contribution in [0.5, 0.6) is 0 Å². The van der Waals surface area contributed by atoms with Gasteiger partial charge in [-0.1, -0.05) is 10.4 Å². The van der Waals surface area contributed by atoms with Crippen LogP contribution < -0.4 is 16.4 Å². The Bertz CT molecular complexity index is 330. The first-order chi connectivity index (χ1) is 10.6. The van der Waals surface area contributed by atoms with Crippen LogP contribution >= 0.6 is 0 Å². The van der Waals surface area contributed by atoms with E-state index in [0.717, 1.165) is 26.2 Å². The summed E-state index contributed by atoms with van der Waals surface area (Å²) in [6.07, 6.45) is 0. The lowest BCUT2D eigenvalue weighted by molar-refractivity contribution is 0.239. The zero-order valence-electron chi connectivity index (χ0n) is 15.4. The van der Waals surface area contributed by atoms with Gasteiger partial charge in [-0.15, -0.1) is 0 Å². The summed E-state index contributed by atoms with van der Waals surface area (Å²) in [7, 11) is 0. The third-order valence-electron chi connectivity index (χ3n) is 4.68. The topological polar surface area (TPSA) is 112 Å². The molecule has 8 nitrogen and oxygen atoms in total. The van der Waals surface area contributed by atoms with Crippen molar-refractivity contribution in [2.45, 2.75) is 64.7 Å². The molecule has 2 atom stereocenters. The van der Waals surface area contributed by atoms with Crippen LogP contribution in [0.1, 0.15) is 41.5 Å². The van der Waals surface area contributed by atoms with E-state index in [1.165, 1.54) is 0 Å². The van der Waals surface area contributed by atoms with E-state index >= 15 is 0 Å². The molecule has 0 aromatic rings. The van der Waals surface area contributed by atoms with Crippen molar-refractivity contribution in [3.05, 3.63) is 9.81 Å². The van der Waals surface area contributed by atoms with Gasteiger partial charge in [0, 0.05) is 43.9 Å². The van der Waals surface area contributed by atoms with Gasteiger partial charge in [-0.25, -0.2) is 0 Å². The van der Waals surface area contributed by atoms with E-state index in [2.05, 4.69) is 25.9 Å². The molecular weight excluding hydrogens is 296 g/mol. The SMILES string of the molecule is CC(N=O)C(C)(C)NCCN(CN)CCNC(C)(C)C(C)N=O. The first-order valence-electron chi connectivity index (χ1n) is 8.18. The monoisotopic (exact) mass is 330 g/mol. The van der Waals surface area contributed by atoms with E-state index in [-0.39, 0.29) is 23.2 Å². The van der Waals surface area contributed by atoms with Crippen LogP contribution in [0.3, 0.4) is 0 Å². The lowest BCUT2D eigenvalue weighted by Crippen LogP contribution is -2.52. The summed E-state index contributed by atoms with van der Waals surface area (Å²) in [6, 6.07) is -0.595. The Hall–Kier alpha value is -0.960. The highest BCUT2D eigenvalue weighted by molar-refractivity contribution is 4.89. The van der Waals surface area contributed by atoms with Gasteiger partial charge in [0.25, 0.3) is 0 Å². The number of nitroso groups, excluding NO2 is 2. The van der Waals surface area contributed by atoms with Crippen molar-refractivity contribution < 1.29 is 0 Å². The zero-order chi connectivity index (χ0) is 18.1. The summed E-state index contributed by atoms with van der Waals surface area (Å²) in [5, 5.41) is 12.8. The molecule has 136 valence electrons. The van der Waals surface area contributed by atoms with Gasteiger partial charge in [-0.2, -0.15) is 9.81 Å². The quantitative estimate of drug-likeness (QED) is 0.346. The van der Waals surface area contributed by atoms with Crippen molar-refractivity contribution in [2.75, 3.05) is 32.8 Å². The Balaban J connectivity index is 4.18. The minimum Gasteiger partial charge on any atom is -0.318 e. The molecule has 0 saturated heterocycles. The smallest absolute Gasteiger partial charge is 0.107 e. The molecule has 2 unspecified atom stereocenters. The molecule has 0 aliphatic rings. The van der Waals surface area contributed by atoms with Crippen molar-refractivity contribution in [1.82, 2.24) is 15.5 Å². The lowest BCUT2D eigenvalue weighted by atomic mass is 9.97. The Morgan fingerprint density at radius 2 is 1.26 bits per heavy atom. The van der Waals surface area contributed by atoms with Crippen LogP contribution in [0.2, 0.25) is 0 Å². The molecule has 0 aromatic heterocycles. The fourth-order valence-corrected chi connectivity index (χ4v) is 1.93. The molecule has 0 heterocycles. The van der Waals surface area contributed by atoms with E-state index < -0.39 is 0 Å². The Kier molecular flexibility index (Phi) is 9.60. The number of hydrogen-bond donors (Lipinski definition) is 3. The summed E-state index contributed by atoms with van der Waals surface area (Å²) in [4.78, 5) is 23.4. The van der Waals surface area contributed by atoms with Gasteiger partial charge in [-0.05, 0) is 41.5 Å². The van der Waals surface area contributed by atoms with E-state index in [0.29, 0.717) is 6.67 Å². The molecule has 0 aliphatic heterocycles. The molecule has 0 spiro atoms. The molecule has 8 heteroatoms. The normalized spacial score (nSPS) is 15.5. The summed E-state index contributed by atoms with van der Waals surface area (Å²) < 4.78 is 0.